The number of carbonyl (C=O) groups excluding carboxylic acids is 1. The molecule has 0 unspecified atom stereocenters. The predicted octanol–water partition coefficient (Wildman–Crippen LogP) is 2.72. The lowest BCUT2D eigenvalue weighted by molar-refractivity contribution is -0.121. The van der Waals surface area contributed by atoms with Crippen molar-refractivity contribution in [2.45, 2.75) is 19.9 Å². The largest absolute Gasteiger partial charge is 0.354 e. The minimum absolute atomic E-state index is 0.145. The van der Waals surface area contributed by atoms with Gasteiger partial charge in [0.25, 0.3) is 5.56 Å². The molecule has 5 nitrogen and oxygen atoms in total. The fourth-order valence-electron chi connectivity index (χ4n) is 2.78. The molecule has 1 aromatic heterocycles. The van der Waals surface area contributed by atoms with Crippen LogP contribution in [0.4, 0.5) is 4.39 Å². The van der Waals surface area contributed by atoms with Gasteiger partial charge >= 0.3 is 0 Å². The van der Waals surface area contributed by atoms with Crippen LogP contribution < -0.4 is 10.9 Å². The van der Waals surface area contributed by atoms with Crippen LogP contribution in [0, 0.1) is 12.7 Å². The van der Waals surface area contributed by atoms with Gasteiger partial charge < -0.3 is 5.32 Å². The fourth-order valence-corrected chi connectivity index (χ4v) is 2.78. The third-order valence-electron chi connectivity index (χ3n) is 4.12. The molecule has 6 heteroatoms. The average molecular weight is 365 g/mol. The highest BCUT2D eigenvalue weighted by molar-refractivity contribution is 5.76. The molecule has 0 atom stereocenters. The highest BCUT2D eigenvalue weighted by Gasteiger charge is 2.13. The normalized spacial score (nSPS) is 10.6. The number of halogens is 1. The molecule has 3 aromatic rings. The molecule has 0 saturated heterocycles. The summed E-state index contributed by atoms with van der Waals surface area (Å²) in [6, 6.07) is 16.9. The molecule has 138 valence electrons. The summed E-state index contributed by atoms with van der Waals surface area (Å²) in [5.74, 6) is -0.306. The molecule has 0 saturated carbocycles. The van der Waals surface area contributed by atoms with E-state index in [0.717, 1.165) is 5.56 Å². The lowest BCUT2D eigenvalue weighted by Crippen LogP contribution is -2.34. The predicted molar refractivity (Wildman–Crippen MR) is 102 cm³/mol. The molecule has 0 aliphatic rings. The Bertz CT molecular complexity index is 983. The van der Waals surface area contributed by atoms with E-state index in [9.17, 15) is 14.0 Å². The topological polar surface area (TPSA) is 64.0 Å². The van der Waals surface area contributed by atoms with E-state index in [1.807, 2.05) is 30.3 Å². The Hall–Kier alpha value is -3.28. The molecule has 1 amide bonds. The number of benzene rings is 2. The zero-order valence-electron chi connectivity index (χ0n) is 15.0. The maximum atomic E-state index is 13.2. The van der Waals surface area contributed by atoms with Crippen LogP contribution in [0.25, 0.3) is 11.4 Å². The van der Waals surface area contributed by atoms with Crippen molar-refractivity contribution in [2.75, 3.05) is 6.54 Å². The van der Waals surface area contributed by atoms with E-state index in [1.165, 1.54) is 22.8 Å². The van der Waals surface area contributed by atoms with Gasteiger partial charge in [0, 0.05) is 23.9 Å². The van der Waals surface area contributed by atoms with Crippen LogP contribution in [0.2, 0.25) is 0 Å². The summed E-state index contributed by atoms with van der Waals surface area (Å²) in [4.78, 5) is 29.1. The standard InChI is InChI=1S/C21H20FN3O2/c1-15-13-20(27)25(21(24-15)17-7-9-18(22)10-8-17)14-19(26)23-12-11-16-5-3-2-4-6-16/h2-10,13H,11-12,14H2,1H3,(H,23,26). The summed E-state index contributed by atoms with van der Waals surface area (Å²) in [5, 5.41) is 2.82. The minimum atomic E-state index is -0.376. The van der Waals surface area contributed by atoms with E-state index in [0.29, 0.717) is 30.0 Å². The fraction of sp³-hybridized carbons (Fsp3) is 0.190. The maximum Gasteiger partial charge on any atom is 0.254 e. The molecule has 1 heterocycles. The second-order valence-electron chi connectivity index (χ2n) is 6.24. The third kappa shape index (κ3) is 4.88. The Morgan fingerprint density at radius 1 is 1.11 bits per heavy atom. The molecule has 0 aliphatic heterocycles. The van der Waals surface area contributed by atoms with Gasteiger partial charge in [-0.3, -0.25) is 14.2 Å². The highest BCUT2D eigenvalue weighted by atomic mass is 19.1. The first-order valence-electron chi connectivity index (χ1n) is 8.68. The number of nitrogens with zero attached hydrogens (tertiary/aromatic N) is 2. The van der Waals surface area contributed by atoms with Crippen molar-refractivity contribution in [3.63, 3.8) is 0 Å². The lowest BCUT2D eigenvalue weighted by Gasteiger charge is -2.13. The number of aryl methyl sites for hydroxylation is 1. The molecule has 0 bridgehead atoms. The molecule has 3 rings (SSSR count). The third-order valence-corrected chi connectivity index (χ3v) is 4.12. The molecular formula is C21H20FN3O2. The van der Waals surface area contributed by atoms with Crippen LogP contribution in [-0.4, -0.2) is 22.0 Å². The van der Waals surface area contributed by atoms with Crippen molar-refractivity contribution in [1.82, 2.24) is 14.9 Å². The van der Waals surface area contributed by atoms with Crippen LogP contribution in [0.5, 0.6) is 0 Å². The number of hydrogen-bond donors (Lipinski definition) is 1. The monoisotopic (exact) mass is 365 g/mol. The quantitative estimate of drug-likeness (QED) is 0.731. The Balaban J connectivity index is 1.74. The van der Waals surface area contributed by atoms with Crippen LogP contribution in [-0.2, 0) is 17.8 Å². The summed E-state index contributed by atoms with van der Waals surface area (Å²) in [5.41, 5.74) is 1.92. The molecule has 0 fully saturated rings. The van der Waals surface area contributed by atoms with Crippen molar-refractivity contribution >= 4 is 5.91 Å². The SMILES string of the molecule is Cc1cc(=O)n(CC(=O)NCCc2ccccc2)c(-c2ccc(F)cc2)n1. The summed E-state index contributed by atoms with van der Waals surface area (Å²) < 4.78 is 14.5. The first-order valence-corrected chi connectivity index (χ1v) is 8.68. The zero-order valence-corrected chi connectivity index (χ0v) is 15.0. The van der Waals surface area contributed by atoms with E-state index in [-0.39, 0.29) is 23.8 Å². The average Bonchev–Trinajstić information content (AvgIpc) is 2.65. The second-order valence-corrected chi connectivity index (χ2v) is 6.24. The summed E-state index contributed by atoms with van der Waals surface area (Å²) in [7, 11) is 0. The first kappa shape index (κ1) is 18.5. The molecule has 0 aliphatic carbocycles. The Morgan fingerprint density at radius 2 is 1.81 bits per heavy atom. The number of amides is 1. The number of carbonyl (C=O) groups is 1. The van der Waals surface area contributed by atoms with Crippen LogP contribution >= 0.6 is 0 Å². The van der Waals surface area contributed by atoms with Gasteiger partial charge in [0.2, 0.25) is 5.91 Å². The molecule has 27 heavy (non-hydrogen) atoms. The Labute approximate surface area is 156 Å². The van der Waals surface area contributed by atoms with E-state index >= 15 is 0 Å². The molecular weight excluding hydrogens is 345 g/mol. The molecule has 1 N–H and O–H groups in total. The van der Waals surface area contributed by atoms with Crippen LogP contribution in [0.15, 0.2) is 65.5 Å². The molecule has 0 spiro atoms. The summed E-state index contributed by atoms with van der Waals surface area (Å²) in [6.45, 7) is 2.04. The van der Waals surface area contributed by atoms with E-state index in [4.69, 9.17) is 0 Å². The summed E-state index contributed by atoms with van der Waals surface area (Å²) >= 11 is 0. The minimum Gasteiger partial charge on any atom is -0.354 e. The lowest BCUT2D eigenvalue weighted by atomic mass is 10.1. The van der Waals surface area contributed by atoms with Gasteiger partial charge in [-0.05, 0) is 43.2 Å². The van der Waals surface area contributed by atoms with Crippen molar-refractivity contribution in [3.05, 3.63) is 88.1 Å². The van der Waals surface area contributed by atoms with Gasteiger partial charge in [0.15, 0.2) is 0 Å². The Kier molecular flexibility index (Phi) is 5.76. The van der Waals surface area contributed by atoms with Crippen LogP contribution in [0.1, 0.15) is 11.3 Å². The zero-order chi connectivity index (χ0) is 19.2. The number of hydrogen-bond acceptors (Lipinski definition) is 3. The number of rotatable bonds is 6. The molecule has 0 radical (unpaired) electrons. The first-order chi connectivity index (χ1) is 13.0. The second kappa shape index (κ2) is 8.40. The van der Waals surface area contributed by atoms with Crippen molar-refractivity contribution in [1.29, 1.82) is 0 Å². The van der Waals surface area contributed by atoms with Gasteiger partial charge in [-0.2, -0.15) is 0 Å². The van der Waals surface area contributed by atoms with E-state index in [2.05, 4.69) is 10.3 Å². The van der Waals surface area contributed by atoms with E-state index in [1.54, 1.807) is 19.1 Å². The number of aromatic nitrogens is 2. The molecule has 2 aromatic carbocycles. The van der Waals surface area contributed by atoms with Crippen molar-refractivity contribution in [3.8, 4) is 11.4 Å². The number of nitrogens with one attached hydrogen (secondary N) is 1. The van der Waals surface area contributed by atoms with Crippen molar-refractivity contribution in [2.24, 2.45) is 0 Å². The van der Waals surface area contributed by atoms with Gasteiger partial charge in [-0.25, -0.2) is 9.37 Å². The van der Waals surface area contributed by atoms with Gasteiger partial charge in [0.1, 0.15) is 18.2 Å². The Morgan fingerprint density at radius 3 is 2.52 bits per heavy atom. The van der Waals surface area contributed by atoms with E-state index < -0.39 is 0 Å². The van der Waals surface area contributed by atoms with Crippen molar-refractivity contribution < 1.29 is 9.18 Å². The maximum absolute atomic E-state index is 13.2. The van der Waals surface area contributed by atoms with Gasteiger partial charge in [-0.1, -0.05) is 30.3 Å². The van der Waals surface area contributed by atoms with Crippen LogP contribution in [0.3, 0.4) is 0 Å². The summed E-state index contributed by atoms with van der Waals surface area (Å²) in [6.07, 6.45) is 0.707. The smallest absolute Gasteiger partial charge is 0.254 e. The van der Waals surface area contributed by atoms with Gasteiger partial charge in [0.05, 0.1) is 0 Å². The highest BCUT2D eigenvalue weighted by Crippen LogP contribution is 2.16. The van der Waals surface area contributed by atoms with Gasteiger partial charge in [-0.15, -0.1) is 0 Å².